The molecule has 2 heterocycles. The third-order valence-corrected chi connectivity index (χ3v) is 4.80. The normalized spacial score (nSPS) is 19.3. The van der Waals surface area contributed by atoms with Gasteiger partial charge in [0.2, 0.25) is 0 Å². The molecule has 1 atom stereocenters. The molecule has 0 radical (unpaired) electrons. The summed E-state index contributed by atoms with van der Waals surface area (Å²) in [6.07, 6.45) is 2.36. The zero-order valence-corrected chi connectivity index (χ0v) is 13.3. The van der Waals surface area contributed by atoms with Crippen LogP contribution in [0.1, 0.15) is 18.4 Å². The van der Waals surface area contributed by atoms with Gasteiger partial charge in [0, 0.05) is 24.8 Å². The summed E-state index contributed by atoms with van der Waals surface area (Å²) in [7, 11) is 0. The molecule has 0 bridgehead atoms. The van der Waals surface area contributed by atoms with Gasteiger partial charge in [-0.25, -0.2) is 4.79 Å². The Morgan fingerprint density at radius 1 is 1.09 bits per heavy atom. The Labute approximate surface area is 136 Å². The Kier molecular flexibility index (Phi) is 3.45. The number of fused-ring (bicyclic) bond motifs is 3. The maximum absolute atomic E-state index is 12.8. The molecule has 118 valence electrons. The minimum atomic E-state index is -0.0483. The largest absolute Gasteiger partial charge is 0.365 e. The molecule has 2 aromatic carbocycles. The van der Waals surface area contributed by atoms with Crippen LogP contribution < -0.4 is 15.1 Å². The first-order valence-electron chi connectivity index (χ1n) is 8.23. The van der Waals surface area contributed by atoms with Crippen molar-refractivity contribution >= 4 is 23.1 Å². The molecule has 1 fully saturated rings. The number of amides is 2. The number of anilines is 3. The smallest absolute Gasteiger partial charge is 0.326 e. The van der Waals surface area contributed by atoms with Crippen molar-refractivity contribution in [2.45, 2.75) is 25.8 Å². The Bertz CT molecular complexity index is 726. The molecule has 0 aliphatic carbocycles. The van der Waals surface area contributed by atoms with Crippen molar-refractivity contribution in [1.82, 2.24) is 0 Å². The van der Waals surface area contributed by atoms with E-state index < -0.39 is 0 Å². The number of hydrogen-bond acceptors (Lipinski definition) is 2. The van der Waals surface area contributed by atoms with Crippen LogP contribution in [0.2, 0.25) is 0 Å². The van der Waals surface area contributed by atoms with Gasteiger partial charge in [-0.2, -0.15) is 0 Å². The summed E-state index contributed by atoms with van der Waals surface area (Å²) >= 11 is 0. The Morgan fingerprint density at radius 2 is 1.83 bits per heavy atom. The SMILES string of the molecule is Cc1ccc(NC(=O)N2CC3CCCN3c3ccccc32)cc1. The predicted molar refractivity (Wildman–Crippen MR) is 94.4 cm³/mol. The first kappa shape index (κ1) is 14.1. The molecule has 0 aromatic heterocycles. The van der Waals surface area contributed by atoms with E-state index in [0.29, 0.717) is 6.04 Å². The molecule has 4 nitrogen and oxygen atoms in total. The molecular weight excluding hydrogens is 286 g/mol. The van der Waals surface area contributed by atoms with E-state index >= 15 is 0 Å². The first-order valence-corrected chi connectivity index (χ1v) is 8.23. The van der Waals surface area contributed by atoms with Crippen LogP contribution >= 0.6 is 0 Å². The highest BCUT2D eigenvalue weighted by Crippen LogP contribution is 2.39. The lowest BCUT2D eigenvalue weighted by molar-refractivity contribution is 0.256. The summed E-state index contributed by atoms with van der Waals surface area (Å²) in [6.45, 7) is 3.89. The fourth-order valence-corrected chi connectivity index (χ4v) is 3.61. The van der Waals surface area contributed by atoms with E-state index in [0.717, 1.165) is 30.9 Å². The molecule has 0 spiro atoms. The number of benzene rings is 2. The molecule has 1 unspecified atom stereocenters. The Morgan fingerprint density at radius 3 is 2.61 bits per heavy atom. The highest BCUT2D eigenvalue weighted by Gasteiger charge is 2.36. The minimum Gasteiger partial charge on any atom is -0.365 e. The Hall–Kier alpha value is -2.49. The van der Waals surface area contributed by atoms with Gasteiger partial charge in [0.25, 0.3) is 0 Å². The molecule has 23 heavy (non-hydrogen) atoms. The van der Waals surface area contributed by atoms with Gasteiger partial charge in [-0.3, -0.25) is 4.90 Å². The van der Waals surface area contributed by atoms with Gasteiger partial charge in [-0.1, -0.05) is 29.8 Å². The standard InChI is InChI=1S/C19H21N3O/c1-14-8-10-15(11-9-14)20-19(23)22-13-16-5-4-12-21(16)17-6-2-3-7-18(17)22/h2-3,6-11,16H,4-5,12-13H2,1H3,(H,20,23). The average molecular weight is 307 g/mol. The predicted octanol–water partition coefficient (Wildman–Crippen LogP) is 4.02. The number of nitrogens with one attached hydrogen (secondary N) is 1. The second kappa shape index (κ2) is 5.61. The van der Waals surface area contributed by atoms with Crippen molar-refractivity contribution < 1.29 is 4.79 Å². The number of urea groups is 1. The van der Waals surface area contributed by atoms with Crippen molar-refractivity contribution in [3.8, 4) is 0 Å². The van der Waals surface area contributed by atoms with Gasteiger partial charge in [0.1, 0.15) is 0 Å². The first-order chi connectivity index (χ1) is 11.2. The summed E-state index contributed by atoms with van der Waals surface area (Å²) in [4.78, 5) is 17.1. The van der Waals surface area contributed by atoms with Crippen molar-refractivity contribution in [3.63, 3.8) is 0 Å². The lowest BCUT2D eigenvalue weighted by Crippen LogP contribution is -2.49. The molecule has 4 rings (SSSR count). The third kappa shape index (κ3) is 2.54. The highest BCUT2D eigenvalue weighted by molar-refractivity contribution is 6.04. The lowest BCUT2D eigenvalue weighted by Gasteiger charge is -2.40. The van der Waals surface area contributed by atoms with E-state index in [2.05, 4.69) is 22.3 Å². The van der Waals surface area contributed by atoms with Crippen molar-refractivity contribution in [1.29, 1.82) is 0 Å². The molecular formula is C19H21N3O. The monoisotopic (exact) mass is 307 g/mol. The van der Waals surface area contributed by atoms with Gasteiger partial charge in [0.15, 0.2) is 0 Å². The molecule has 2 aliphatic heterocycles. The molecule has 1 saturated heterocycles. The van der Waals surface area contributed by atoms with E-state index in [-0.39, 0.29) is 6.03 Å². The van der Waals surface area contributed by atoms with Gasteiger partial charge in [0.05, 0.1) is 11.4 Å². The molecule has 1 N–H and O–H groups in total. The number of hydrogen-bond donors (Lipinski definition) is 1. The summed E-state index contributed by atoms with van der Waals surface area (Å²) in [5, 5.41) is 3.03. The lowest BCUT2D eigenvalue weighted by atomic mass is 10.1. The topological polar surface area (TPSA) is 35.6 Å². The van der Waals surface area contributed by atoms with E-state index in [1.165, 1.54) is 17.7 Å². The molecule has 2 aromatic rings. The van der Waals surface area contributed by atoms with Crippen LogP contribution in [-0.2, 0) is 0 Å². The summed E-state index contributed by atoms with van der Waals surface area (Å²) < 4.78 is 0. The third-order valence-electron chi connectivity index (χ3n) is 4.80. The van der Waals surface area contributed by atoms with Gasteiger partial charge in [-0.15, -0.1) is 0 Å². The zero-order valence-electron chi connectivity index (χ0n) is 13.3. The Balaban J connectivity index is 1.62. The number of carbonyl (C=O) groups is 1. The van der Waals surface area contributed by atoms with Crippen LogP contribution in [0.3, 0.4) is 0 Å². The maximum atomic E-state index is 12.8. The van der Waals surface area contributed by atoms with E-state index in [1.807, 2.05) is 48.2 Å². The summed E-state index contributed by atoms with van der Waals surface area (Å²) in [5.74, 6) is 0. The fraction of sp³-hybridized carbons (Fsp3) is 0.316. The molecule has 4 heteroatoms. The number of nitrogens with zero attached hydrogens (tertiary/aromatic N) is 2. The molecule has 2 aliphatic rings. The van der Waals surface area contributed by atoms with E-state index in [4.69, 9.17) is 0 Å². The van der Waals surface area contributed by atoms with Crippen LogP contribution in [0.15, 0.2) is 48.5 Å². The summed E-state index contributed by atoms with van der Waals surface area (Å²) in [6, 6.07) is 16.5. The number of para-hydroxylation sites is 2. The number of rotatable bonds is 1. The maximum Gasteiger partial charge on any atom is 0.326 e. The fourth-order valence-electron chi connectivity index (χ4n) is 3.61. The van der Waals surface area contributed by atoms with Crippen molar-refractivity contribution in [2.24, 2.45) is 0 Å². The van der Waals surface area contributed by atoms with Crippen molar-refractivity contribution in [2.75, 3.05) is 28.2 Å². The second-order valence-electron chi connectivity index (χ2n) is 6.38. The van der Waals surface area contributed by atoms with Crippen molar-refractivity contribution in [3.05, 3.63) is 54.1 Å². The summed E-state index contributed by atoms with van der Waals surface area (Å²) in [5.41, 5.74) is 4.22. The second-order valence-corrected chi connectivity index (χ2v) is 6.38. The number of carbonyl (C=O) groups excluding carboxylic acids is 1. The van der Waals surface area contributed by atoms with Gasteiger partial charge in [-0.05, 0) is 44.0 Å². The zero-order chi connectivity index (χ0) is 15.8. The van der Waals surface area contributed by atoms with Crippen LogP contribution in [0.25, 0.3) is 0 Å². The quantitative estimate of drug-likeness (QED) is 0.864. The van der Waals surface area contributed by atoms with Crippen LogP contribution in [0.4, 0.5) is 21.9 Å². The highest BCUT2D eigenvalue weighted by atomic mass is 16.2. The molecule has 2 amide bonds. The number of aryl methyl sites for hydroxylation is 1. The van der Waals surface area contributed by atoms with Crippen LogP contribution in [0, 0.1) is 6.92 Å². The van der Waals surface area contributed by atoms with E-state index in [1.54, 1.807) is 0 Å². The molecule has 0 saturated carbocycles. The van der Waals surface area contributed by atoms with Gasteiger partial charge >= 0.3 is 6.03 Å². The van der Waals surface area contributed by atoms with Crippen LogP contribution in [0.5, 0.6) is 0 Å². The minimum absolute atomic E-state index is 0.0483. The van der Waals surface area contributed by atoms with E-state index in [9.17, 15) is 4.79 Å². The van der Waals surface area contributed by atoms with Gasteiger partial charge < -0.3 is 10.2 Å². The average Bonchev–Trinajstić information content (AvgIpc) is 3.05. The van der Waals surface area contributed by atoms with Crippen LogP contribution in [-0.4, -0.2) is 25.2 Å².